The first kappa shape index (κ1) is 17.6. The van der Waals surface area contributed by atoms with Crippen molar-refractivity contribution >= 4 is 6.09 Å². The molecule has 1 aliphatic rings. The first-order chi connectivity index (χ1) is 10.9. The van der Waals surface area contributed by atoms with E-state index in [0.29, 0.717) is 19.8 Å². The maximum Gasteiger partial charge on any atom is 0.408 e. The summed E-state index contributed by atoms with van der Waals surface area (Å²) >= 11 is 0. The molecular weight excluding hydrogens is 296 g/mol. The first-order valence-corrected chi connectivity index (χ1v) is 7.81. The van der Waals surface area contributed by atoms with E-state index in [9.17, 15) is 4.79 Å². The molecule has 1 heterocycles. The number of amides is 1. The minimum absolute atomic E-state index is 0.0598. The number of nitrogens with one attached hydrogen (secondary N) is 2. The first-order valence-electron chi connectivity index (χ1n) is 7.81. The minimum Gasteiger partial charge on any atom is -0.497 e. The van der Waals surface area contributed by atoms with Crippen molar-refractivity contribution in [3.63, 3.8) is 0 Å². The molecule has 0 spiro atoms. The van der Waals surface area contributed by atoms with Crippen molar-refractivity contribution in [3.8, 4) is 5.75 Å². The Hall–Kier alpha value is -1.79. The van der Waals surface area contributed by atoms with Gasteiger partial charge in [0.05, 0.1) is 32.4 Å². The minimum atomic E-state index is -0.504. The fourth-order valence-corrected chi connectivity index (χ4v) is 2.35. The van der Waals surface area contributed by atoms with Gasteiger partial charge in [0.1, 0.15) is 11.4 Å². The third kappa shape index (κ3) is 5.73. The van der Waals surface area contributed by atoms with Gasteiger partial charge in [-0.15, -0.1) is 0 Å². The molecule has 1 amide bonds. The highest BCUT2D eigenvalue weighted by molar-refractivity contribution is 5.68. The van der Waals surface area contributed by atoms with Crippen LogP contribution in [0.4, 0.5) is 4.79 Å². The third-order valence-corrected chi connectivity index (χ3v) is 3.51. The van der Waals surface area contributed by atoms with E-state index in [4.69, 9.17) is 14.2 Å². The summed E-state index contributed by atoms with van der Waals surface area (Å²) in [7, 11) is 1.65. The number of hydrogen-bond acceptors (Lipinski definition) is 5. The van der Waals surface area contributed by atoms with Crippen LogP contribution in [0.15, 0.2) is 24.3 Å². The molecule has 128 valence electrons. The van der Waals surface area contributed by atoms with Crippen LogP contribution in [0.5, 0.6) is 5.75 Å². The van der Waals surface area contributed by atoms with E-state index in [1.807, 2.05) is 45.0 Å². The van der Waals surface area contributed by atoms with Crippen LogP contribution in [0.2, 0.25) is 0 Å². The number of ether oxygens (including phenoxy) is 3. The zero-order valence-electron chi connectivity index (χ0n) is 14.2. The van der Waals surface area contributed by atoms with Gasteiger partial charge in [-0.1, -0.05) is 12.1 Å². The maximum absolute atomic E-state index is 11.9. The van der Waals surface area contributed by atoms with Crippen molar-refractivity contribution in [2.24, 2.45) is 0 Å². The van der Waals surface area contributed by atoms with E-state index in [2.05, 4.69) is 10.6 Å². The van der Waals surface area contributed by atoms with Crippen LogP contribution >= 0.6 is 0 Å². The highest BCUT2D eigenvalue weighted by Gasteiger charge is 2.30. The van der Waals surface area contributed by atoms with E-state index in [1.165, 1.54) is 0 Å². The lowest BCUT2D eigenvalue weighted by Crippen LogP contribution is -2.50. The number of benzene rings is 1. The van der Waals surface area contributed by atoms with E-state index in [-0.39, 0.29) is 12.1 Å². The van der Waals surface area contributed by atoms with Gasteiger partial charge >= 0.3 is 6.09 Å². The van der Waals surface area contributed by atoms with Crippen LogP contribution in [0.3, 0.4) is 0 Å². The normalized spacial score (nSPS) is 21.0. The Morgan fingerprint density at radius 1 is 1.22 bits per heavy atom. The van der Waals surface area contributed by atoms with Gasteiger partial charge in [-0.05, 0) is 38.5 Å². The Balaban J connectivity index is 1.82. The van der Waals surface area contributed by atoms with Crippen molar-refractivity contribution in [1.29, 1.82) is 0 Å². The molecule has 6 heteroatoms. The Kier molecular flexibility index (Phi) is 5.85. The number of alkyl carbamates (subject to hydrolysis) is 1. The van der Waals surface area contributed by atoms with Crippen LogP contribution < -0.4 is 15.4 Å². The van der Waals surface area contributed by atoms with Crippen LogP contribution in [0.25, 0.3) is 0 Å². The second-order valence-electron chi connectivity index (χ2n) is 6.63. The molecule has 0 saturated carbocycles. The SMILES string of the molecule is COc1ccc(CN[C@@H]2COC[C@H]2NC(=O)OC(C)(C)C)cc1. The summed E-state index contributed by atoms with van der Waals surface area (Å²) in [5.41, 5.74) is 0.643. The molecule has 2 N–H and O–H groups in total. The molecule has 2 rings (SSSR count). The molecule has 0 aliphatic carbocycles. The molecule has 1 saturated heterocycles. The molecule has 1 aromatic rings. The van der Waals surface area contributed by atoms with Gasteiger partial charge in [-0.3, -0.25) is 0 Å². The van der Waals surface area contributed by atoms with Crippen molar-refractivity contribution in [1.82, 2.24) is 10.6 Å². The van der Waals surface area contributed by atoms with Crippen molar-refractivity contribution < 1.29 is 19.0 Å². The molecule has 0 bridgehead atoms. The summed E-state index contributed by atoms with van der Waals surface area (Å²) in [5, 5.41) is 6.29. The molecule has 2 atom stereocenters. The second-order valence-corrected chi connectivity index (χ2v) is 6.63. The Bertz CT molecular complexity index is 510. The molecule has 0 radical (unpaired) electrons. The molecule has 1 aliphatic heterocycles. The zero-order chi connectivity index (χ0) is 16.9. The fraction of sp³-hybridized carbons (Fsp3) is 0.588. The van der Waals surface area contributed by atoms with Gasteiger partial charge in [0.25, 0.3) is 0 Å². The quantitative estimate of drug-likeness (QED) is 0.868. The standard InChI is InChI=1S/C17H26N2O4/c1-17(2,3)23-16(20)19-15-11-22-10-14(15)18-9-12-5-7-13(21-4)8-6-12/h5-8,14-15,18H,9-11H2,1-4H3,(H,19,20)/t14-,15-/m1/s1. The van der Waals surface area contributed by atoms with Gasteiger partial charge in [-0.25, -0.2) is 4.79 Å². The molecule has 23 heavy (non-hydrogen) atoms. The van der Waals surface area contributed by atoms with Crippen LogP contribution in [-0.4, -0.2) is 44.1 Å². The number of hydrogen-bond donors (Lipinski definition) is 2. The Morgan fingerprint density at radius 3 is 2.48 bits per heavy atom. The summed E-state index contributed by atoms with van der Waals surface area (Å²) < 4.78 is 15.9. The lowest BCUT2D eigenvalue weighted by molar-refractivity contribution is 0.0494. The topological polar surface area (TPSA) is 68.8 Å². The number of rotatable bonds is 5. The average Bonchev–Trinajstić information content (AvgIpc) is 2.90. The predicted octanol–water partition coefficient (Wildman–Crippen LogP) is 2.08. The largest absolute Gasteiger partial charge is 0.497 e. The van der Waals surface area contributed by atoms with Crippen molar-refractivity contribution in [3.05, 3.63) is 29.8 Å². The van der Waals surface area contributed by atoms with Gasteiger partial charge in [0.15, 0.2) is 0 Å². The second kappa shape index (κ2) is 7.66. The molecular formula is C17H26N2O4. The number of carbonyl (C=O) groups excluding carboxylic acids is 1. The summed E-state index contributed by atoms with van der Waals surface area (Å²) in [6.07, 6.45) is -0.413. The van der Waals surface area contributed by atoms with Crippen molar-refractivity contribution in [2.75, 3.05) is 20.3 Å². The lowest BCUT2D eigenvalue weighted by atomic mass is 10.1. The van der Waals surface area contributed by atoms with E-state index in [1.54, 1.807) is 7.11 Å². The monoisotopic (exact) mass is 322 g/mol. The molecule has 0 unspecified atom stereocenters. The van der Waals surface area contributed by atoms with Gasteiger partial charge in [0.2, 0.25) is 0 Å². The van der Waals surface area contributed by atoms with Gasteiger partial charge < -0.3 is 24.8 Å². The molecule has 1 fully saturated rings. The third-order valence-electron chi connectivity index (χ3n) is 3.51. The zero-order valence-corrected chi connectivity index (χ0v) is 14.2. The summed E-state index contributed by atoms with van der Waals surface area (Å²) in [5.74, 6) is 0.836. The highest BCUT2D eigenvalue weighted by atomic mass is 16.6. The fourth-order valence-electron chi connectivity index (χ4n) is 2.35. The smallest absolute Gasteiger partial charge is 0.408 e. The van der Waals surface area contributed by atoms with Crippen LogP contribution in [0, 0.1) is 0 Å². The number of methoxy groups -OCH3 is 1. The van der Waals surface area contributed by atoms with Crippen LogP contribution in [0.1, 0.15) is 26.3 Å². The lowest BCUT2D eigenvalue weighted by Gasteiger charge is -2.24. The summed E-state index contributed by atoms with van der Waals surface area (Å²) in [4.78, 5) is 11.9. The average molecular weight is 322 g/mol. The van der Waals surface area contributed by atoms with E-state index >= 15 is 0 Å². The molecule has 6 nitrogen and oxygen atoms in total. The van der Waals surface area contributed by atoms with E-state index in [0.717, 1.165) is 11.3 Å². The Morgan fingerprint density at radius 2 is 1.87 bits per heavy atom. The molecule has 1 aromatic carbocycles. The summed E-state index contributed by atoms with van der Waals surface area (Å²) in [6.45, 7) is 7.28. The molecule has 0 aromatic heterocycles. The Labute approximate surface area is 137 Å². The maximum atomic E-state index is 11.9. The van der Waals surface area contributed by atoms with Crippen LogP contribution in [-0.2, 0) is 16.0 Å². The van der Waals surface area contributed by atoms with Gasteiger partial charge in [0, 0.05) is 6.54 Å². The highest BCUT2D eigenvalue weighted by Crippen LogP contribution is 2.13. The number of carbonyl (C=O) groups is 1. The van der Waals surface area contributed by atoms with E-state index < -0.39 is 11.7 Å². The van der Waals surface area contributed by atoms with Gasteiger partial charge in [-0.2, -0.15) is 0 Å². The predicted molar refractivity (Wildman–Crippen MR) is 87.6 cm³/mol. The summed E-state index contributed by atoms with van der Waals surface area (Å²) in [6, 6.07) is 7.85. The van der Waals surface area contributed by atoms with Crippen molar-refractivity contribution in [2.45, 2.75) is 45.0 Å².